The van der Waals surface area contributed by atoms with Gasteiger partial charge in [0.1, 0.15) is 0 Å². The second-order valence-electron chi connectivity index (χ2n) is 7.75. The number of para-hydroxylation sites is 1. The van der Waals surface area contributed by atoms with E-state index in [0.29, 0.717) is 11.3 Å². The number of hydrogen-bond donors (Lipinski definition) is 2. The first kappa shape index (κ1) is 21.3. The Balaban J connectivity index is 1.50. The highest BCUT2D eigenvalue weighted by Crippen LogP contribution is 2.19. The predicted octanol–water partition coefficient (Wildman–Crippen LogP) is 2.69. The van der Waals surface area contributed by atoms with Crippen LogP contribution < -0.4 is 10.0 Å². The summed E-state index contributed by atoms with van der Waals surface area (Å²) >= 11 is 0. The van der Waals surface area contributed by atoms with Gasteiger partial charge < -0.3 is 5.32 Å². The molecule has 1 aliphatic heterocycles. The fourth-order valence-electron chi connectivity index (χ4n) is 3.69. The molecule has 0 spiro atoms. The van der Waals surface area contributed by atoms with Gasteiger partial charge in [0.25, 0.3) is 0 Å². The van der Waals surface area contributed by atoms with Crippen LogP contribution in [-0.4, -0.2) is 44.6 Å². The molecule has 1 amide bonds. The molecule has 6 nitrogen and oxygen atoms in total. The molecule has 1 aliphatic rings. The zero-order valence-electron chi connectivity index (χ0n) is 17.0. The largest absolute Gasteiger partial charge is 0.353 e. The number of aryl methyl sites for hydroxylation is 1. The Morgan fingerprint density at radius 3 is 2.31 bits per heavy atom. The maximum atomic E-state index is 12.5. The summed E-state index contributed by atoms with van der Waals surface area (Å²) in [4.78, 5) is 14.9. The summed E-state index contributed by atoms with van der Waals surface area (Å²) in [6.07, 6.45) is 3.10. The summed E-state index contributed by atoms with van der Waals surface area (Å²) in [5, 5.41) is 3.11. The van der Waals surface area contributed by atoms with Crippen molar-refractivity contribution in [1.29, 1.82) is 0 Å². The van der Waals surface area contributed by atoms with Gasteiger partial charge in [-0.25, -0.2) is 8.42 Å². The number of anilines is 1. The summed E-state index contributed by atoms with van der Waals surface area (Å²) in [6, 6.07) is 15.6. The first-order valence-corrected chi connectivity index (χ1v) is 11.8. The molecule has 0 aromatic heterocycles. The van der Waals surface area contributed by atoms with Gasteiger partial charge in [0.2, 0.25) is 15.9 Å². The van der Waals surface area contributed by atoms with Crippen molar-refractivity contribution in [2.75, 3.05) is 24.1 Å². The molecule has 7 heteroatoms. The molecule has 2 N–H and O–H groups in total. The molecule has 0 atom stereocenters. The lowest BCUT2D eigenvalue weighted by atomic mass is 10.0. The zero-order valence-corrected chi connectivity index (χ0v) is 17.8. The predicted molar refractivity (Wildman–Crippen MR) is 116 cm³/mol. The number of rotatable bonds is 7. The Bertz CT molecular complexity index is 951. The summed E-state index contributed by atoms with van der Waals surface area (Å²) in [5.74, 6) is -0.0786. The van der Waals surface area contributed by atoms with Crippen LogP contribution in [0.4, 0.5) is 5.69 Å². The molecular formula is C22H29N3O3S. The van der Waals surface area contributed by atoms with Crippen molar-refractivity contribution in [3.63, 3.8) is 0 Å². The maximum Gasteiger partial charge on any atom is 0.229 e. The first-order valence-electron chi connectivity index (χ1n) is 9.92. The third-order valence-corrected chi connectivity index (χ3v) is 5.86. The molecule has 29 heavy (non-hydrogen) atoms. The molecule has 0 aliphatic carbocycles. The highest BCUT2D eigenvalue weighted by molar-refractivity contribution is 7.92. The lowest BCUT2D eigenvalue weighted by molar-refractivity contribution is -0.121. The summed E-state index contributed by atoms with van der Waals surface area (Å²) in [6.45, 7) is 4.98. The number of carbonyl (C=O) groups is 1. The van der Waals surface area contributed by atoms with Crippen LogP contribution in [0.1, 0.15) is 29.5 Å². The molecule has 2 aromatic rings. The second kappa shape index (κ2) is 9.41. The molecule has 156 valence electrons. The van der Waals surface area contributed by atoms with Gasteiger partial charge in [-0.05, 0) is 42.5 Å². The Labute approximate surface area is 173 Å². The van der Waals surface area contributed by atoms with Gasteiger partial charge in [0, 0.05) is 25.7 Å². The monoisotopic (exact) mass is 415 g/mol. The highest BCUT2D eigenvalue weighted by atomic mass is 32.2. The van der Waals surface area contributed by atoms with Crippen LogP contribution in [0.5, 0.6) is 0 Å². The lowest BCUT2D eigenvalue weighted by Crippen LogP contribution is -2.44. The van der Waals surface area contributed by atoms with Gasteiger partial charge in [-0.15, -0.1) is 0 Å². The fourth-order valence-corrected chi connectivity index (χ4v) is 4.29. The number of piperidine rings is 1. The normalized spacial score (nSPS) is 15.8. The molecule has 0 saturated carbocycles. The van der Waals surface area contributed by atoms with E-state index in [-0.39, 0.29) is 18.4 Å². The number of sulfonamides is 1. The molecule has 0 radical (unpaired) electrons. The van der Waals surface area contributed by atoms with Crippen LogP contribution in [0, 0.1) is 6.92 Å². The number of nitrogens with zero attached hydrogens (tertiary/aromatic N) is 1. The topological polar surface area (TPSA) is 78.5 Å². The molecular weight excluding hydrogens is 386 g/mol. The molecule has 1 heterocycles. The minimum atomic E-state index is -3.39. The van der Waals surface area contributed by atoms with Crippen LogP contribution >= 0.6 is 0 Å². The zero-order chi connectivity index (χ0) is 20.9. The Morgan fingerprint density at radius 1 is 1.03 bits per heavy atom. The molecule has 0 bridgehead atoms. The van der Waals surface area contributed by atoms with Crippen molar-refractivity contribution in [1.82, 2.24) is 10.2 Å². The third-order valence-electron chi connectivity index (χ3n) is 5.27. The van der Waals surface area contributed by atoms with Gasteiger partial charge in [0.15, 0.2) is 0 Å². The number of amides is 1. The first-order chi connectivity index (χ1) is 13.8. The molecule has 3 rings (SSSR count). The molecule has 0 unspecified atom stereocenters. The van der Waals surface area contributed by atoms with Crippen molar-refractivity contribution in [3.05, 3.63) is 65.2 Å². The van der Waals surface area contributed by atoms with E-state index in [0.717, 1.165) is 38.7 Å². The van der Waals surface area contributed by atoms with E-state index in [2.05, 4.69) is 46.1 Å². The van der Waals surface area contributed by atoms with Gasteiger partial charge >= 0.3 is 0 Å². The van der Waals surface area contributed by atoms with Gasteiger partial charge in [-0.2, -0.15) is 0 Å². The molecule has 1 fully saturated rings. The van der Waals surface area contributed by atoms with E-state index in [9.17, 15) is 13.2 Å². The Kier molecular flexibility index (Phi) is 6.92. The van der Waals surface area contributed by atoms with Crippen LogP contribution in [0.15, 0.2) is 48.5 Å². The van der Waals surface area contributed by atoms with E-state index in [1.807, 2.05) is 0 Å². The Morgan fingerprint density at radius 2 is 1.66 bits per heavy atom. The Hall–Kier alpha value is -2.38. The van der Waals surface area contributed by atoms with Crippen molar-refractivity contribution >= 4 is 21.6 Å². The molecule has 2 aromatic carbocycles. The fraction of sp³-hybridized carbons (Fsp3) is 0.409. The third kappa shape index (κ3) is 6.58. The summed E-state index contributed by atoms with van der Waals surface area (Å²) in [7, 11) is -3.39. The van der Waals surface area contributed by atoms with Crippen molar-refractivity contribution < 1.29 is 13.2 Å². The molecule has 1 saturated heterocycles. The van der Waals surface area contributed by atoms with E-state index in [1.165, 1.54) is 11.1 Å². The lowest BCUT2D eigenvalue weighted by Gasteiger charge is -2.32. The van der Waals surface area contributed by atoms with E-state index in [4.69, 9.17) is 0 Å². The van der Waals surface area contributed by atoms with E-state index in [1.54, 1.807) is 24.3 Å². The van der Waals surface area contributed by atoms with Crippen molar-refractivity contribution in [3.8, 4) is 0 Å². The minimum absolute atomic E-state index is 0.0786. The van der Waals surface area contributed by atoms with Crippen molar-refractivity contribution in [2.24, 2.45) is 0 Å². The van der Waals surface area contributed by atoms with Crippen LogP contribution in [-0.2, 0) is 27.8 Å². The second-order valence-corrected chi connectivity index (χ2v) is 9.50. The number of benzene rings is 2. The number of carbonyl (C=O) groups excluding carboxylic acids is 1. The van der Waals surface area contributed by atoms with Crippen molar-refractivity contribution in [2.45, 2.75) is 38.8 Å². The van der Waals surface area contributed by atoms with E-state index < -0.39 is 10.0 Å². The number of likely N-dealkylation sites (tertiary alicyclic amines) is 1. The van der Waals surface area contributed by atoms with Gasteiger partial charge in [0.05, 0.1) is 18.4 Å². The van der Waals surface area contributed by atoms with E-state index >= 15 is 0 Å². The summed E-state index contributed by atoms with van der Waals surface area (Å²) < 4.78 is 25.5. The van der Waals surface area contributed by atoms with Crippen LogP contribution in [0.2, 0.25) is 0 Å². The maximum absolute atomic E-state index is 12.5. The average molecular weight is 416 g/mol. The number of nitrogens with one attached hydrogen (secondary N) is 2. The highest BCUT2D eigenvalue weighted by Gasteiger charge is 2.21. The number of hydrogen-bond acceptors (Lipinski definition) is 4. The average Bonchev–Trinajstić information content (AvgIpc) is 2.65. The quantitative estimate of drug-likeness (QED) is 0.729. The van der Waals surface area contributed by atoms with Crippen LogP contribution in [0.3, 0.4) is 0 Å². The smallest absolute Gasteiger partial charge is 0.229 e. The standard InChI is InChI=1S/C22H29N3O3S/c1-17-7-3-4-9-19(17)16-25-13-11-20(12-14-25)23-22(26)15-18-8-5-6-10-21(18)24-29(2,27)28/h3-10,20,24H,11-16H2,1-2H3,(H,23,26). The van der Waals surface area contributed by atoms with Crippen LogP contribution in [0.25, 0.3) is 0 Å². The summed E-state index contributed by atoms with van der Waals surface area (Å²) in [5.41, 5.74) is 3.79. The minimum Gasteiger partial charge on any atom is -0.353 e. The van der Waals surface area contributed by atoms with Gasteiger partial charge in [-0.3, -0.25) is 14.4 Å². The van der Waals surface area contributed by atoms with Gasteiger partial charge in [-0.1, -0.05) is 42.5 Å². The SMILES string of the molecule is Cc1ccccc1CN1CCC(NC(=O)Cc2ccccc2NS(C)(=O)=O)CC1.